The number of likely N-dealkylation sites (N-methyl/N-ethyl adjacent to an activating group) is 1. The lowest BCUT2D eigenvalue weighted by molar-refractivity contribution is 0.370. The first-order valence-corrected chi connectivity index (χ1v) is 7.41. The van der Waals surface area contributed by atoms with Crippen LogP contribution in [0, 0.1) is 5.82 Å². The van der Waals surface area contributed by atoms with Crippen molar-refractivity contribution in [3.8, 4) is 0 Å². The maximum atomic E-state index is 13.8. The van der Waals surface area contributed by atoms with Crippen LogP contribution in [0.15, 0.2) is 17.0 Å². The predicted octanol–water partition coefficient (Wildman–Crippen LogP) is 1.29. The molecule has 1 aromatic rings. The maximum absolute atomic E-state index is 13.8. The highest BCUT2D eigenvalue weighted by Gasteiger charge is 2.23. The number of rotatable bonds is 5. The molecule has 5 nitrogen and oxygen atoms in total. The highest BCUT2D eigenvalue weighted by Crippen LogP contribution is 2.25. The summed E-state index contributed by atoms with van der Waals surface area (Å²) in [7, 11) is -0.380. The third kappa shape index (κ3) is 4.31. The van der Waals surface area contributed by atoms with Gasteiger partial charge in [0.15, 0.2) is 5.82 Å². The number of nitrogens with one attached hydrogen (secondary N) is 1. The van der Waals surface area contributed by atoms with Crippen molar-refractivity contribution in [1.29, 1.82) is 0 Å². The number of hydrogen-bond donors (Lipinski definition) is 2. The first-order valence-electron chi connectivity index (χ1n) is 5.55. The zero-order valence-electron chi connectivity index (χ0n) is 10.9. The van der Waals surface area contributed by atoms with Crippen molar-refractivity contribution >= 4 is 27.3 Å². The molecule has 0 fully saturated rings. The lowest BCUT2D eigenvalue weighted by Gasteiger charge is -2.18. The fourth-order valence-electron chi connectivity index (χ4n) is 1.69. The van der Waals surface area contributed by atoms with Gasteiger partial charge in [-0.15, -0.1) is 0 Å². The molecular weight excluding hydrogens is 293 g/mol. The van der Waals surface area contributed by atoms with Crippen LogP contribution in [0.4, 0.5) is 10.1 Å². The number of anilines is 1. The van der Waals surface area contributed by atoms with Crippen molar-refractivity contribution in [1.82, 2.24) is 9.62 Å². The van der Waals surface area contributed by atoms with Crippen LogP contribution in [-0.4, -0.2) is 40.0 Å². The SMILES string of the molecule is CC(CN(C)C)NS(=O)(=O)c1cc(N)cc(Cl)c1F. The molecular formula is C11H17ClFN3O2S. The summed E-state index contributed by atoms with van der Waals surface area (Å²) >= 11 is 5.59. The van der Waals surface area contributed by atoms with Crippen LogP contribution in [0.1, 0.15) is 6.92 Å². The monoisotopic (exact) mass is 309 g/mol. The van der Waals surface area contributed by atoms with Crippen molar-refractivity contribution in [2.45, 2.75) is 17.9 Å². The van der Waals surface area contributed by atoms with Crippen LogP contribution in [0.2, 0.25) is 5.02 Å². The van der Waals surface area contributed by atoms with Crippen LogP contribution < -0.4 is 10.5 Å². The van der Waals surface area contributed by atoms with Crippen molar-refractivity contribution in [2.75, 3.05) is 26.4 Å². The lowest BCUT2D eigenvalue weighted by atomic mass is 10.3. The van der Waals surface area contributed by atoms with E-state index in [0.29, 0.717) is 6.54 Å². The smallest absolute Gasteiger partial charge is 0.243 e. The number of nitrogens with two attached hydrogens (primary N) is 1. The summed E-state index contributed by atoms with van der Waals surface area (Å²) in [6, 6.07) is 1.84. The fraction of sp³-hybridized carbons (Fsp3) is 0.455. The van der Waals surface area contributed by atoms with Gasteiger partial charge in [0.1, 0.15) is 4.90 Å². The average Bonchev–Trinajstić information content (AvgIpc) is 2.20. The van der Waals surface area contributed by atoms with Crippen molar-refractivity contribution in [3.05, 3.63) is 23.0 Å². The molecule has 0 saturated carbocycles. The lowest BCUT2D eigenvalue weighted by Crippen LogP contribution is -2.39. The third-order valence-electron chi connectivity index (χ3n) is 2.30. The molecule has 1 unspecified atom stereocenters. The molecule has 19 heavy (non-hydrogen) atoms. The third-order valence-corrected chi connectivity index (χ3v) is 4.17. The van der Waals surface area contributed by atoms with Crippen LogP contribution >= 0.6 is 11.6 Å². The summed E-state index contributed by atoms with van der Waals surface area (Å²) in [6.45, 7) is 2.17. The van der Waals surface area contributed by atoms with E-state index >= 15 is 0 Å². The second-order valence-corrected chi connectivity index (χ2v) is 6.69. The van der Waals surface area contributed by atoms with E-state index in [0.717, 1.165) is 6.07 Å². The van der Waals surface area contributed by atoms with E-state index in [1.54, 1.807) is 6.92 Å². The number of nitrogens with zero attached hydrogens (tertiary/aromatic N) is 1. The van der Waals surface area contributed by atoms with Gasteiger partial charge in [-0.05, 0) is 33.2 Å². The van der Waals surface area contributed by atoms with E-state index < -0.39 is 20.7 Å². The first kappa shape index (κ1) is 16.2. The molecule has 3 N–H and O–H groups in total. The summed E-state index contributed by atoms with van der Waals surface area (Å²) in [5.41, 5.74) is 5.57. The molecule has 0 saturated heterocycles. The van der Waals surface area contributed by atoms with Crippen LogP contribution in [0.5, 0.6) is 0 Å². The number of sulfonamides is 1. The number of nitrogen functional groups attached to an aromatic ring is 1. The number of halogens is 2. The number of hydrogen-bond acceptors (Lipinski definition) is 4. The highest BCUT2D eigenvalue weighted by molar-refractivity contribution is 7.89. The van der Waals surface area contributed by atoms with Gasteiger partial charge in [0.05, 0.1) is 5.02 Å². The average molecular weight is 310 g/mol. The van der Waals surface area contributed by atoms with Gasteiger partial charge in [0, 0.05) is 18.3 Å². The molecule has 0 amide bonds. The first-order chi connectivity index (χ1) is 8.63. The molecule has 0 aliphatic heterocycles. The highest BCUT2D eigenvalue weighted by atomic mass is 35.5. The molecule has 1 atom stereocenters. The van der Waals surface area contributed by atoms with Crippen LogP contribution in [0.25, 0.3) is 0 Å². The second kappa shape index (κ2) is 6.04. The second-order valence-electron chi connectivity index (χ2n) is 4.60. The Hall–Kier alpha value is -0.890. The van der Waals surface area contributed by atoms with E-state index in [2.05, 4.69) is 4.72 Å². The quantitative estimate of drug-likeness (QED) is 0.804. The van der Waals surface area contributed by atoms with Gasteiger partial charge >= 0.3 is 0 Å². The Kier molecular flexibility index (Phi) is 5.14. The van der Waals surface area contributed by atoms with E-state index in [1.165, 1.54) is 6.07 Å². The van der Waals surface area contributed by atoms with Crippen molar-refractivity contribution < 1.29 is 12.8 Å². The molecule has 0 aromatic heterocycles. The van der Waals surface area contributed by atoms with Gasteiger partial charge in [0.25, 0.3) is 0 Å². The Balaban J connectivity index is 3.07. The Labute approximate surface area is 117 Å². The molecule has 8 heteroatoms. The van der Waals surface area contributed by atoms with E-state index in [1.807, 2.05) is 19.0 Å². The Morgan fingerprint density at radius 2 is 2.05 bits per heavy atom. The predicted molar refractivity (Wildman–Crippen MR) is 74.2 cm³/mol. The van der Waals surface area contributed by atoms with E-state index in [9.17, 15) is 12.8 Å². The van der Waals surface area contributed by atoms with Gasteiger partial charge in [-0.1, -0.05) is 11.6 Å². The summed E-state index contributed by atoms with van der Waals surface area (Å²) in [5, 5.41) is -0.319. The zero-order valence-corrected chi connectivity index (χ0v) is 12.5. The molecule has 0 aliphatic rings. The molecule has 108 valence electrons. The Morgan fingerprint density at radius 1 is 1.47 bits per heavy atom. The van der Waals surface area contributed by atoms with Crippen LogP contribution in [-0.2, 0) is 10.0 Å². The van der Waals surface area contributed by atoms with Crippen molar-refractivity contribution in [2.24, 2.45) is 0 Å². The topological polar surface area (TPSA) is 75.4 Å². The standard InChI is InChI=1S/C11H17ClFN3O2S/c1-7(6-16(2)3)15-19(17,18)10-5-8(14)4-9(12)11(10)13/h4-5,7,15H,6,14H2,1-3H3. The minimum Gasteiger partial charge on any atom is -0.399 e. The maximum Gasteiger partial charge on any atom is 0.243 e. The minimum absolute atomic E-state index is 0.0898. The molecule has 0 aliphatic carbocycles. The van der Waals surface area contributed by atoms with E-state index in [4.69, 9.17) is 17.3 Å². The van der Waals surface area contributed by atoms with Gasteiger partial charge in [0.2, 0.25) is 10.0 Å². The molecule has 0 radical (unpaired) electrons. The molecule has 1 rings (SSSR count). The zero-order chi connectivity index (χ0) is 14.8. The summed E-state index contributed by atoms with van der Waals surface area (Å²) in [4.78, 5) is 1.28. The number of benzene rings is 1. The fourth-order valence-corrected chi connectivity index (χ4v) is 3.34. The summed E-state index contributed by atoms with van der Waals surface area (Å²) in [6.07, 6.45) is 0. The molecule has 0 heterocycles. The van der Waals surface area contributed by atoms with Crippen molar-refractivity contribution in [3.63, 3.8) is 0 Å². The van der Waals surface area contributed by atoms with Gasteiger partial charge in [-0.3, -0.25) is 0 Å². The van der Waals surface area contributed by atoms with Crippen LogP contribution in [0.3, 0.4) is 0 Å². The summed E-state index contributed by atoms with van der Waals surface area (Å²) < 4.78 is 40.3. The van der Waals surface area contributed by atoms with Gasteiger partial charge in [-0.2, -0.15) is 0 Å². The minimum atomic E-state index is -4.00. The molecule has 1 aromatic carbocycles. The van der Waals surface area contributed by atoms with E-state index in [-0.39, 0.29) is 16.8 Å². The van der Waals surface area contributed by atoms with Gasteiger partial charge < -0.3 is 10.6 Å². The largest absolute Gasteiger partial charge is 0.399 e. The summed E-state index contributed by atoms with van der Waals surface area (Å²) in [5.74, 6) is -1.000. The molecule has 0 bridgehead atoms. The van der Waals surface area contributed by atoms with Gasteiger partial charge in [-0.25, -0.2) is 17.5 Å². The molecule has 0 spiro atoms. The Bertz CT molecular complexity index is 563. The Morgan fingerprint density at radius 3 is 2.58 bits per heavy atom. The normalized spacial score (nSPS) is 13.8.